The van der Waals surface area contributed by atoms with E-state index in [1.54, 1.807) is 6.07 Å². The van der Waals surface area contributed by atoms with Crippen molar-refractivity contribution in [1.29, 1.82) is 0 Å². The normalized spacial score (nSPS) is 10.5. The van der Waals surface area contributed by atoms with Crippen molar-refractivity contribution in [2.45, 2.75) is 6.61 Å². The number of benzene rings is 3. The van der Waals surface area contributed by atoms with Crippen molar-refractivity contribution in [3.05, 3.63) is 82.4 Å². The second-order valence-corrected chi connectivity index (χ2v) is 4.70. The predicted octanol–water partition coefficient (Wildman–Crippen LogP) is 4.33. The van der Waals surface area contributed by atoms with Gasteiger partial charge in [0, 0.05) is 11.5 Å². The average molecular weight is 279 g/mol. The van der Waals surface area contributed by atoms with Gasteiger partial charge in [-0.15, -0.1) is 0 Å². The molecule has 0 aromatic heterocycles. The standard InChI is InChI=1S/C17H13NO3/c19-18(20)15-10-14-8-4-5-9-16(14)17(11-15)21-12-13-6-2-1-3-7-13/h1-11H,12H2. The van der Waals surface area contributed by atoms with E-state index in [2.05, 4.69) is 0 Å². The Hall–Kier alpha value is -2.88. The Bertz CT molecular complexity index is 784. The highest BCUT2D eigenvalue weighted by Gasteiger charge is 2.12. The average Bonchev–Trinajstić information content (AvgIpc) is 2.53. The third-order valence-electron chi connectivity index (χ3n) is 3.26. The fraction of sp³-hybridized carbons (Fsp3) is 0.0588. The third kappa shape index (κ3) is 2.84. The van der Waals surface area contributed by atoms with Crippen LogP contribution in [0.3, 0.4) is 0 Å². The van der Waals surface area contributed by atoms with Crippen LogP contribution in [0.5, 0.6) is 5.75 Å². The molecule has 0 saturated carbocycles. The molecule has 0 saturated heterocycles. The molecule has 0 heterocycles. The molecule has 0 radical (unpaired) electrons. The summed E-state index contributed by atoms with van der Waals surface area (Å²) in [4.78, 5) is 10.6. The molecule has 3 rings (SSSR count). The summed E-state index contributed by atoms with van der Waals surface area (Å²) in [5, 5.41) is 12.7. The van der Waals surface area contributed by atoms with Gasteiger partial charge >= 0.3 is 0 Å². The summed E-state index contributed by atoms with van der Waals surface area (Å²) < 4.78 is 5.79. The van der Waals surface area contributed by atoms with Crippen LogP contribution in [0, 0.1) is 10.1 Å². The van der Waals surface area contributed by atoms with E-state index >= 15 is 0 Å². The maximum Gasteiger partial charge on any atom is 0.273 e. The lowest BCUT2D eigenvalue weighted by molar-refractivity contribution is -0.384. The summed E-state index contributed by atoms with van der Waals surface area (Å²) in [6.07, 6.45) is 0. The van der Waals surface area contributed by atoms with Crippen molar-refractivity contribution < 1.29 is 9.66 Å². The van der Waals surface area contributed by atoms with E-state index in [4.69, 9.17) is 4.74 Å². The highest BCUT2D eigenvalue weighted by molar-refractivity contribution is 5.90. The van der Waals surface area contributed by atoms with Gasteiger partial charge in [-0.1, -0.05) is 54.6 Å². The minimum atomic E-state index is -0.401. The molecule has 0 aliphatic carbocycles. The first kappa shape index (κ1) is 13.1. The van der Waals surface area contributed by atoms with Crippen molar-refractivity contribution in [2.75, 3.05) is 0 Å². The van der Waals surface area contributed by atoms with Crippen molar-refractivity contribution >= 4 is 16.5 Å². The molecule has 0 aliphatic rings. The second kappa shape index (κ2) is 5.63. The minimum absolute atomic E-state index is 0.0387. The number of ether oxygens (including phenoxy) is 1. The Morgan fingerprint density at radius 3 is 2.43 bits per heavy atom. The molecule has 0 fully saturated rings. The van der Waals surface area contributed by atoms with E-state index in [-0.39, 0.29) is 5.69 Å². The highest BCUT2D eigenvalue weighted by atomic mass is 16.6. The molecule has 0 aliphatic heterocycles. The first-order chi connectivity index (χ1) is 10.2. The van der Waals surface area contributed by atoms with Gasteiger partial charge in [-0.2, -0.15) is 0 Å². The first-order valence-corrected chi connectivity index (χ1v) is 6.58. The zero-order valence-corrected chi connectivity index (χ0v) is 11.2. The van der Waals surface area contributed by atoms with Crippen LogP contribution in [-0.4, -0.2) is 4.92 Å². The fourth-order valence-electron chi connectivity index (χ4n) is 2.22. The maximum absolute atomic E-state index is 11.0. The largest absolute Gasteiger partial charge is 0.488 e. The molecule has 0 unspecified atom stereocenters. The zero-order valence-electron chi connectivity index (χ0n) is 11.2. The number of hydrogen-bond donors (Lipinski definition) is 0. The summed E-state index contributed by atoms with van der Waals surface area (Å²) in [7, 11) is 0. The van der Waals surface area contributed by atoms with Crippen LogP contribution in [0.4, 0.5) is 5.69 Å². The quantitative estimate of drug-likeness (QED) is 0.527. The lowest BCUT2D eigenvalue weighted by Crippen LogP contribution is -1.97. The SMILES string of the molecule is O=[N+]([O-])c1cc(OCc2ccccc2)c2ccccc2c1. The first-order valence-electron chi connectivity index (χ1n) is 6.58. The van der Waals surface area contributed by atoms with Gasteiger partial charge < -0.3 is 4.74 Å². The molecule has 4 nitrogen and oxygen atoms in total. The summed E-state index contributed by atoms with van der Waals surface area (Å²) in [6.45, 7) is 0.381. The Balaban J connectivity index is 1.98. The van der Waals surface area contributed by atoms with Gasteiger partial charge in [0.2, 0.25) is 0 Å². The molecule has 0 spiro atoms. The molecule has 104 valence electrons. The van der Waals surface area contributed by atoms with Gasteiger partial charge in [-0.3, -0.25) is 10.1 Å². The Kier molecular flexibility index (Phi) is 3.51. The third-order valence-corrected chi connectivity index (χ3v) is 3.26. The molecule has 0 amide bonds. The van der Waals surface area contributed by atoms with E-state index in [0.717, 1.165) is 16.3 Å². The number of nitrogens with zero attached hydrogens (tertiary/aromatic N) is 1. The van der Waals surface area contributed by atoms with Gasteiger partial charge in [0.25, 0.3) is 5.69 Å². The molecular weight excluding hydrogens is 266 g/mol. The lowest BCUT2D eigenvalue weighted by atomic mass is 10.1. The van der Waals surface area contributed by atoms with Crippen molar-refractivity contribution in [2.24, 2.45) is 0 Å². The Morgan fingerprint density at radius 2 is 1.67 bits per heavy atom. The molecule has 0 atom stereocenters. The van der Waals surface area contributed by atoms with Crippen molar-refractivity contribution in [3.8, 4) is 5.75 Å². The van der Waals surface area contributed by atoms with Gasteiger partial charge in [0.1, 0.15) is 12.4 Å². The number of fused-ring (bicyclic) bond motifs is 1. The molecule has 4 heteroatoms. The Morgan fingerprint density at radius 1 is 0.952 bits per heavy atom. The highest BCUT2D eigenvalue weighted by Crippen LogP contribution is 2.31. The van der Waals surface area contributed by atoms with E-state index in [1.165, 1.54) is 6.07 Å². The second-order valence-electron chi connectivity index (χ2n) is 4.70. The molecule has 0 N–H and O–H groups in total. The minimum Gasteiger partial charge on any atom is -0.488 e. The molecule has 3 aromatic rings. The number of nitro groups is 1. The summed E-state index contributed by atoms with van der Waals surface area (Å²) in [6, 6.07) is 20.3. The van der Waals surface area contributed by atoms with Crippen LogP contribution in [0.2, 0.25) is 0 Å². The summed E-state index contributed by atoms with van der Waals surface area (Å²) in [5.74, 6) is 0.531. The van der Waals surface area contributed by atoms with Gasteiger partial charge in [-0.25, -0.2) is 0 Å². The van der Waals surface area contributed by atoms with Crippen LogP contribution < -0.4 is 4.74 Å². The topological polar surface area (TPSA) is 52.4 Å². The van der Waals surface area contributed by atoms with E-state index in [0.29, 0.717) is 12.4 Å². The monoisotopic (exact) mass is 279 g/mol. The van der Waals surface area contributed by atoms with Crippen LogP contribution in [0.25, 0.3) is 10.8 Å². The van der Waals surface area contributed by atoms with Gasteiger partial charge in [0.05, 0.1) is 11.0 Å². The smallest absolute Gasteiger partial charge is 0.273 e. The summed E-state index contributed by atoms with van der Waals surface area (Å²) >= 11 is 0. The van der Waals surface area contributed by atoms with E-state index in [1.807, 2.05) is 54.6 Å². The van der Waals surface area contributed by atoms with Crippen LogP contribution in [0.15, 0.2) is 66.7 Å². The van der Waals surface area contributed by atoms with Crippen molar-refractivity contribution in [1.82, 2.24) is 0 Å². The number of nitro benzene ring substituents is 1. The number of rotatable bonds is 4. The van der Waals surface area contributed by atoms with Gasteiger partial charge in [0.15, 0.2) is 0 Å². The Labute approximate surface area is 121 Å². The van der Waals surface area contributed by atoms with Crippen LogP contribution >= 0.6 is 0 Å². The van der Waals surface area contributed by atoms with Gasteiger partial charge in [-0.05, 0) is 10.9 Å². The molecule has 0 bridgehead atoms. The fourth-order valence-corrected chi connectivity index (χ4v) is 2.22. The van der Waals surface area contributed by atoms with E-state index in [9.17, 15) is 10.1 Å². The molecule has 21 heavy (non-hydrogen) atoms. The van der Waals surface area contributed by atoms with E-state index < -0.39 is 4.92 Å². The van der Waals surface area contributed by atoms with Crippen LogP contribution in [-0.2, 0) is 6.61 Å². The number of hydrogen-bond acceptors (Lipinski definition) is 3. The van der Waals surface area contributed by atoms with Crippen molar-refractivity contribution in [3.63, 3.8) is 0 Å². The molecular formula is C17H13NO3. The molecule has 3 aromatic carbocycles. The number of non-ortho nitro benzene ring substituents is 1. The lowest BCUT2D eigenvalue weighted by Gasteiger charge is -2.09. The van der Waals surface area contributed by atoms with Crippen LogP contribution in [0.1, 0.15) is 5.56 Å². The predicted molar refractivity (Wildman–Crippen MR) is 81.4 cm³/mol. The maximum atomic E-state index is 11.0. The zero-order chi connectivity index (χ0) is 14.7. The summed E-state index contributed by atoms with van der Waals surface area (Å²) in [5.41, 5.74) is 1.06.